The maximum Gasteiger partial charge on any atom is 0.195 e. The molecule has 1 aromatic heterocycles. The summed E-state index contributed by atoms with van der Waals surface area (Å²) in [6, 6.07) is 7.77. The van der Waals surface area contributed by atoms with E-state index >= 15 is 0 Å². The highest BCUT2D eigenvalue weighted by Gasteiger charge is 2.11. The Morgan fingerprint density at radius 2 is 2.05 bits per heavy atom. The first-order valence-corrected chi connectivity index (χ1v) is 8.70. The van der Waals surface area contributed by atoms with Crippen molar-refractivity contribution in [1.82, 2.24) is 19.7 Å². The monoisotopic (exact) mass is 322 g/mol. The lowest BCUT2D eigenvalue weighted by molar-refractivity contribution is 0.242. The van der Waals surface area contributed by atoms with E-state index in [-0.39, 0.29) is 0 Å². The zero-order chi connectivity index (χ0) is 14.5. The van der Waals surface area contributed by atoms with Gasteiger partial charge in [-0.25, -0.2) is 0 Å². The van der Waals surface area contributed by atoms with Crippen molar-refractivity contribution in [2.24, 2.45) is 0 Å². The van der Waals surface area contributed by atoms with E-state index in [1.807, 2.05) is 28.8 Å². The summed E-state index contributed by atoms with van der Waals surface area (Å²) in [5.74, 6) is 1.04. The molecule has 2 heterocycles. The molecule has 2 aromatic rings. The third kappa shape index (κ3) is 3.99. The summed E-state index contributed by atoms with van der Waals surface area (Å²) in [6.07, 6.45) is 5.80. The van der Waals surface area contributed by atoms with Crippen molar-refractivity contribution in [2.45, 2.75) is 24.4 Å². The van der Waals surface area contributed by atoms with Crippen LogP contribution in [0.4, 0.5) is 0 Å². The number of likely N-dealkylation sites (tertiary alicyclic amines) is 1. The van der Waals surface area contributed by atoms with Gasteiger partial charge in [-0.1, -0.05) is 35.9 Å². The molecule has 6 heteroatoms. The van der Waals surface area contributed by atoms with Crippen LogP contribution < -0.4 is 0 Å². The topological polar surface area (TPSA) is 34.0 Å². The molecule has 0 spiro atoms. The van der Waals surface area contributed by atoms with Crippen LogP contribution in [0.25, 0.3) is 5.69 Å². The molecule has 1 aliphatic heterocycles. The first-order valence-electron chi connectivity index (χ1n) is 7.34. The number of piperidine rings is 1. The largest absolute Gasteiger partial charge is 0.303 e. The van der Waals surface area contributed by atoms with Gasteiger partial charge < -0.3 is 4.90 Å². The van der Waals surface area contributed by atoms with Crippen molar-refractivity contribution in [3.05, 3.63) is 35.6 Å². The minimum absolute atomic E-state index is 0.727. The Hall–Kier alpha value is -1.04. The van der Waals surface area contributed by atoms with Gasteiger partial charge in [0, 0.05) is 17.3 Å². The van der Waals surface area contributed by atoms with Crippen molar-refractivity contribution in [1.29, 1.82) is 0 Å². The van der Waals surface area contributed by atoms with Crippen LogP contribution in [0.15, 0.2) is 35.7 Å². The van der Waals surface area contributed by atoms with E-state index in [1.165, 1.54) is 32.4 Å². The molecule has 0 radical (unpaired) electrons. The van der Waals surface area contributed by atoms with Gasteiger partial charge in [-0.3, -0.25) is 4.57 Å². The number of nitrogens with zero attached hydrogens (tertiary/aromatic N) is 4. The predicted molar refractivity (Wildman–Crippen MR) is 87.4 cm³/mol. The maximum atomic E-state index is 6.05. The Kier molecular flexibility index (Phi) is 5.17. The summed E-state index contributed by atoms with van der Waals surface area (Å²) in [4.78, 5) is 2.54. The van der Waals surface area contributed by atoms with Crippen LogP contribution in [0.3, 0.4) is 0 Å². The van der Waals surface area contributed by atoms with E-state index < -0.39 is 0 Å². The highest BCUT2D eigenvalue weighted by molar-refractivity contribution is 7.99. The van der Waals surface area contributed by atoms with Crippen LogP contribution in [-0.4, -0.2) is 45.1 Å². The summed E-state index contributed by atoms with van der Waals surface area (Å²) in [5, 5.41) is 9.90. The Balaban J connectivity index is 1.60. The number of aromatic nitrogens is 3. The van der Waals surface area contributed by atoms with Crippen molar-refractivity contribution >= 4 is 23.4 Å². The first kappa shape index (κ1) is 14.9. The summed E-state index contributed by atoms with van der Waals surface area (Å²) < 4.78 is 1.99. The lowest BCUT2D eigenvalue weighted by Gasteiger charge is -2.25. The number of benzene rings is 1. The van der Waals surface area contributed by atoms with Gasteiger partial charge in [-0.15, -0.1) is 10.2 Å². The molecular weight excluding hydrogens is 304 g/mol. The van der Waals surface area contributed by atoms with Crippen LogP contribution in [0, 0.1) is 0 Å². The molecule has 1 saturated heterocycles. The summed E-state index contributed by atoms with van der Waals surface area (Å²) in [7, 11) is 0. The van der Waals surface area contributed by atoms with Crippen LogP contribution in [0.1, 0.15) is 19.3 Å². The Labute approximate surface area is 134 Å². The van der Waals surface area contributed by atoms with Crippen LogP contribution in [0.5, 0.6) is 0 Å². The van der Waals surface area contributed by atoms with Gasteiger partial charge in [0.15, 0.2) is 5.16 Å². The van der Waals surface area contributed by atoms with Crippen molar-refractivity contribution < 1.29 is 0 Å². The molecule has 0 aliphatic carbocycles. The van der Waals surface area contributed by atoms with E-state index in [2.05, 4.69) is 15.1 Å². The van der Waals surface area contributed by atoms with Gasteiger partial charge in [0.2, 0.25) is 0 Å². The summed E-state index contributed by atoms with van der Waals surface area (Å²) in [5.41, 5.74) is 1.01. The third-order valence-electron chi connectivity index (χ3n) is 3.69. The molecule has 0 amide bonds. The van der Waals surface area contributed by atoms with Gasteiger partial charge in [-0.05, 0) is 44.1 Å². The molecule has 0 N–H and O–H groups in total. The van der Waals surface area contributed by atoms with E-state index in [1.54, 1.807) is 18.1 Å². The summed E-state index contributed by atoms with van der Waals surface area (Å²) in [6.45, 7) is 3.59. The molecule has 112 valence electrons. The molecular formula is C15H19ClN4S. The molecule has 0 saturated carbocycles. The van der Waals surface area contributed by atoms with Crippen molar-refractivity contribution in [2.75, 3.05) is 25.4 Å². The lowest BCUT2D eigenvalue weighted by Crippen LogP contribution is -2.31. The van der Waals surface area contributed by atoms with Gasteiger partial charge in [-0.2, -0.15) is 0 Å². The molecule has 1 aliphatic rings. The smallest absolute Gasteiger partial charge is 0.195 e. The van der Waals surface area contributed by atoms with Crippen molar-refractivity contribution in [3.63, 3.8) is 0 Å². The number of halogens is 1. The lowest BCUT2D eigenvalue weighted by atomic mass is 10.1. The first-order chi connectivity index (χ1) is 10.3. The standard InChI is InChI=1S/C15H19ClN4S/c16-13-5-4-6-14(11-13)20-12-17-18-15(20)21-10-9-19-7-2-1-3-8-19/h4-6,11-12H,1-3,7-10H2. The number of hydrogen-bond acceptors (Lipinski definition) is 4. The Morgan fingerprint density at radius 3 is 2.86 bits per heavy atom. The van der Waals surface area contributed by atoms with E-state index in [0.29, 0.717) is 0 Å². The highest BCUT2D eigenvalue weighted by atomic mass is 35.5. The van der Waals surface area contributed by atoms with E-state index in [9.17, 15) is 0 Å². The predicted octanol–water partition coefficient (Wildman–Crippen LogP) is 3.50. The van der Waals surface area contributed by atoms with Gasteiger partial charge >= 0.3 is 0 Å². The minimum Gasteiger partial charge on any atom is -0.303 e. The zero-order valence-electron chi connectivity index (χ0n) is 11.9. The average Bonchev–Trinajstić information content (AvgIpc) is 2.97. The van der Waals surface area contributed by atoms with Gasteiger partial charge in [0.05, 0.1) is 5.69 Å². The fourth-order valence-electron chi connectivity index (χ4n) is 2.57. The zero-order valence-corrected chi connectivity index (χ0v) is 13.5. The quantitative estimate of drug-likeness (QED) is 0.789. The van der Waals surface area contributed by atoms with Gasteiger partial charge in [0.25, 0.3) is 0 Å². The molecule has 3 rings (SSSR count). The van der Waals surface area contributed by atoms with Crippen LogP contribution in [0.2, 0.25) is 5.02 Å². The fraction of sp³-hybridized carbons (Fsp3) is 0.467. The normalized spacial score (nSPS) is 16.2. The molecule has 1 fully saturated rings. The highest BCUT2D eigenvalue weighted by Crippen LogP contribution is 2.22. The fourth-order valence-corrected chi connectivity index (χ4v) is 3.69. The molecule has 4 nitrogen and oxygen atoms in total. The number of thioether (sulfide) groups is 1. The molecule has 0 bridgehead atoms. The second-order valence-electron chi connectivity index (χ2n) is 5.21. The Bertz CT molecular complexity index is 581. The Morgan fingerprint density at radius 1 is 1.19 bits per heavy atom. The van der Waals surface area contributed by atoms with Gasteiger partial charge in [0.1, 0.15) is 6.33 Å². The molecule has 0 atom stereocenters. The van der Waals surface area contributed by atoms with Crippen LogP contribution in [-0.2, 0) is 0 Å². The average molecular weight is 323 g/mol. The third-order valence-corrected chi connectivity index (χ3v) is 4.85. The number of rotatable bonds is 5. The second-order valence-corrected chi connectivity index (χ2v) is 6.71. The molecule has 21 heavy (non-hydrogen) atoms. The van der Waals surface area contributed by atoms with Crippen LogP contribution >= 0.6 is 23.4 Å². The van der Waals surface area contributed by atoms with Crippen molar-refractivity contribution in [3.8, 4) is 5.69 Å². The summed E-state index contributed by atoms with van der Waals surface area (Å²) >= 11 is 7.81. The van der Waals surface area contributed by atoms with E-state index in [4.69, 9.17) is 11.6 Å². The maximum absolute atomic E-state index is 6.05. The number of hydrogen-bond donors (Lipinski definition) is 0. The van der Waals surface area contributed by atoms with E-state index in [0.717, 1.165) is 28.2 Å². The second kappa shape index (κ2) is 7.29. The molecule has 0 unspecified atom stereocenters. The molecule has 1 aromatic carbocycles. The minimum atomic E-state index is 0.727. The SMILES string of the molecule is Clc1cccc(-n2cnnc2SCCN2CCCCC2)c1.